The van der Waals surface area contributed by atoms with Gasteiger partial charge in [0.15, 0.2) is 0 Å². The molecule has 0 radical (unpaired) electrons. The van der Waals surface area contributed by atoms with Gasteiger partial charge in [-0.3, -0.25) is 0 Å². The van der Waals surface area contributed by atoms with Gasteiger partial charge in [0.25, 0.3) is 0 Å². The number of hydrogen-bond donors (Lipinski definition) is 0. The number of aryl methyl sites for hydroxylation is 1. The minimum Gasteiger partial charge on any atom is -0.357 e. The monoisotopic (exact) mass is 300 g/mol. The zero-order valence-electron chi connectivity index (χ0n) is 14.6. The van der Waals surface area contributed by atoms with Gasteiger partial charge in [-0.2, -0.15) is 5.26 Å². The van der Waals surface area contributed by atoms with Crippen molar-refractivity contribution in [3.05, 3.63) is 22.4 Å². The third-order valence-electron chi connectivity index (χ3n) is 5.19. The molecule has 0 aliphatic heterocycles. The van der Waals surface area contributed by atoms with Crippen LogP contribution in [-0.4, -0.2) is 43.1 Å². The Morgan fingerprint density at radius 2 is 1.73 bits per heavy atom. The van der Waals surface area contributed by atoms with Crippen molar-refractivity contribution >= 4 is 5.82 Å². The number of nitrogens with zero attached hydrogens (tertiary/aromatic N) is 4. The van der Waals surface area contributed by atoms with E-state index in [1.165, 1.54) is 25.7 Å². The molecule has 2 rings (SSSR count). The van der Waals surface area contributed by atoms with Crippen LogP contribution in [0, 0.1) is 32.1 Å². The molecule has 22 heavy (non-hydrogen) atoms. The minimum atomic E-state index is 0.717. The molecule has 1 fully saturated rings. The fourth-order valence-corrected chi connectivity index (χ4v) is 3.28. The summed E-state index contributed by atoms with van der Waals surface area (Å²) < 4.78 is 0. The van der Waals surface area contributed by atoms with Crippen LogP contribution >= 0.6 is 0 Å². The van der Waals surface area contributed by atoms with Gasteiger partial charge in [-0.05, 0) is 51.8 Å². The number of likely N-dealkylation sites (N-methyl/N-ethyl adjacent to an activating group) is 2. The van der Waals surface area contributed by atoms with E-state index >= 15 is 0 Å². The van der Waals surface area contributed by atoms with Crippen LogP contribution in [0.1, 0.15) is 48.1 Å². The largest absolute Gasteiger partial charge is 0.357 e. The van der Waals surface area contributed by atoms with Crippen molar-refractivity contribution in [1.29, 1.82) is 5.26 Å². The van der Waals surface area contributed by atoms with Gasteiger partial charge in [-0.1, -0.05) is 12.8 Å². The third kappa shape index (κ3) is 3.41. The first-order valence-electron chi connectivity index (χ1n) is 8.25. The summed E-state index contributed by atoms with van der Waals surface area (Å²) in [6.07, 6.45) is 5.37. The molecule has 0 spiro atoms. The molecule has 1 heterocycles. The quantitative estimate of drug-likeness (QED) is 0.837. The Labute approximate surface area is 134 Å². The van der Waals surface area contributed by atoms with Gasteiger partial charge in [0.2, 0.25) is 0 Å². The first-order chi connectivity index (χ1) is 10.5. The summed E-state index contributed by atoms with van der Waals surface area (Å²) in [5, 5.41) is 9.49. The molecule has 0 unspecified atom stereocenters. The molecule has 1 aliphatic rings. The topological polar surface area (TPSA) is 43.2 Å². The maximum atomic E-state index is 9.49. The molecule has 0 amide bonds. The Balaban J connectivity index is 2.09. The van der Waals surface area contributed by atoms with Gasteiger partial charge in [0.1, 0.15) is 11.9 Å². The highest BCUT2D eigenvalue weighted by Crippen LogP contribution is 2.25. The van der Waals surface area contributed by atoms with E-state index in [4.69, 9.17) is 0 Å². The Morgan fingerprint density at radius 1 is 1.09 bits per heavy atom. The second-order valence-corrected chi connectivity index (χ2v) is 6.60. The highest BCUT2D eigenvalue weighted by molar-refractivity contribution is 5.60. The van der Waals surface area contributed by atoms with Gasteiger partial charge in [-0.15, -0.1) is 0 Å². The predicted molar refractivity (Wildman–Crippen MR) is 91.3 cm³/mol. The molecule has 0 aromatic carbocycles. The van der Waals surface area contributed by atoms with Crippen molar-refractivity contribution in [3.8, 4) is 6.07 Å². The Hall–Kier alpha value is -1.60. The van der Waals surface area contributed by atoms with E-state index in [0.717, 1.165) is 41.8 Å². The van der Waals surface area contributed by atoms with Crippen LogP contribution in [0.15, 0.2) is 0 Å². The molecule has 1 aliphatic carbocycles. The lowest BCUT2D eigenvalue weighted by Gasteiger charge is -2.28. The summed E-state index contributed by atoms with van der Waals surface area (Å²) in [6.45, 7) is 7.99. The molecule has 0 N–H and O–H groups in total. The van der Waals surface area contributed by atoms with Gasteiger partial charge in [0, 0.05) is 31.9 Å². The van der Waals surface area contributed by atoms with Crippen molar-refractivity contribution in [1.82, 2.24) is 9.88 Å². The normalized spacial score (nSPS) is 15.3. The summed E-state index contributed by atoms with van der Waals surface area (Å²) in [4.78, 5) is 9.25. The van der Waals surface area contributed by atoms with E-state index in [2.05, 4.69) is 27.9 Å². The summed E-state index contributed by atoms with van der Waals surface area (Å²) in [5.74, 6) is 0.822. The molecule has 120 valence electrons. The molecule has 0 atom stereocenters. The van der Waals surface area contributed by atoms with Crippen LogP contribution in [-0.2, 0) is 0 Å². The standard InChI is InChI=1S/C18H28N4/c1-13-14(2)17(12-19)18(20-15(13)3)22(5)11-10-21(4)16-8-6-7-9-16/h16H,6-11H2,1-5H3. The number of pyridine rings is 1. The maximum absolute atomic E-state index is 9.49. The van der Waals surface area contributed by atoms with Gasteiger partial charge < -0.3 is 9.80 Å². The second kappa shape index (κ2) is 7.11. The lowest BCUT2D eigenvalue weighted by molar-refractivity contribution is 0.251. The van der Waals surface area contributed by atoms with Crippen LogP contribution < -0.4 is 4.90 Å². The van der Waals surface area contributed by atoms with Crippen molar-refractivity contribution in [2.45, 2.75) is 52.5 Å². The summed E-state index contributed by atoms with van der Waals surface area (Å²) in [6, 6.07) is 3.07. The lowest BCUT2D eigenvalue weighted by atomic mass is 10.0. The molecule has 4 heteroatoms. The average molecular weight is 300 g/mol. The van der Waals surface area contributed by atoms with E-state index in [9.17, 15) is 5.26 Å². The van der Waals surface area contributed by atoms with E-state index in [1.54, 1.807) is 0 Å². The van der Waals surface area contributed by atoms with Crippen LogP contribution in [0.3, 0.4) is 0 Å². The molecule has 1 saturated carbocycles. The third-order valence-corrected chi connectivity index (χ3v) is 5.19. The first-order valence-corrected chi connectivity index (χ1v) is 8.25. The van der Waals surface area contributed by atoms with Gasteiger partial charge >= 0.3 is 0 Å². The molecular formula is C18H28N4. The Morgan fingerprint density at radius 3 is 2.32 bits per heavy atom. The summed E-state index contributed by atoms with van der Waals surface area (Å²) in [5.41, 5.74) is 3.91. The van der Waals surface area contributed by atoms with E-state index in [1.807, 2.05) is 27.8 Å². The van der Waals surface area contributed by atoms with Crippen molar-refractivity contribution in [2.24, 2.45) is 0 Å². The molecule has 4 nitrogen and oxygen atoms in total. The van der Waals surface area contributed by atoms with Gasteiger partial charge in [-0.25, -0.2) is 4.98 Å². The number of hydrogen-bond acceptors (Lipinski definition) is 4. The van der Waals surface area contributed by atoms with Crippen LogP contribution in [0.2, 0.25) is 0 Å². The highest BCUT2D eigenvalue weighted by atomic mass is 15.2. The van der Waals surface area contributed by atoms with Crippen LogP contribution in [0.5, 0.6) is 0 Å². The minimum absolute atomic E-state index is 0.717. The van der Waals surface area contributed by atoms with Gasteiger partial charge in [0.05, 0.1) is 5.56 Å². The molecule has 1 aromatic heterocycles. The average Bonchev–Trinajstić information content (AvgIpc) is 3.04. The Kier molecular flexibility index (Phi) is 5.42. The van der Waals surface area contributed by atoms with Crippen molar-refractivity contribution in [2.75, 3.05) is 32.1 Å². The smallest absolute Gasteiger partial charge is 0.146 e. The van der Waals surface area contributed by atoms with Crippen molar-refractivity contribution in [3.63, 3.8) is 0 Å². The predicted octanol–water partition coefficient (Wildman–Crippen LogP) is 3.19. The number of anilines is 1. The van der Waals surface area contributed by atoms with E-state index < -0.39 is 0 Å². The van der Waals surface area contributed by atoms with Crippen LogP contribution in [0.25, 0.3) is 0 Å². The number of nitriles is 1. The molecule has 0 saturated heterocycles. The lowest BCUT2D eigenvalue weighted by Crippen LogP contribution is -2.36. The zero-order chi connectivity index (χ0) is 16.3. The number of rotatable bonds is 5. The highest BCUT2D eigenvalue weighted by Gasteiger charge is 2.20. The van der Waals surface area contributed by atoms with E-state index in [-0.39, 0.29) is 0 Å². The molecular weight excluding hydrogens is 272 g/mol. The zero-order valence-corrected chi connectivity index (χ0v) is 14.6. The Bertz CT molecular complexity index is 567. The fourth-order valence-electron chi connectivity index (χ4n) is 3.28. The van der Waals surface area contributed by atoms with E-state index in [0.29, 0.717) is 5.56 Å². The number of aromatic nitrogens is 1. The van der Waals surface area contributed by atoms with Crippen LogP contribution in [0.4, 0.5) is 5.82 Å². The fraction of sp³-hybridized carbons (Fsp3) is 0.667. The maximum Gasteiger partial charge on any atom is 0.146 e. The SMILES string of the molecule is Cc1nc(N(C)CCN(C)C2CCCC2)c(C#N)c(C)c1C. The first kappa shape index (κ1) is 16.8. The van der Waals surface area contributed by atoms with Crippen molar-refractivity contribution < 1.29 is 0 Å². The molecule has 0 bridgehead atoms. The summed E-state index contributed by atoms with van der Waals surface area (Å²) in [7, 11) is 4.26. The summed E-state index contributed by atoms with van der Waals surface area (Å²) >= 11 is 0. The second-order valence-electron chi connectivity index (χ2n) is 6.60. The molecule has 1 aromatic rings.